The molecule has 1 aliphatic carbocycles. The van der Waals surface area contributed by atoms with Crippen LogP contribution in [0.1, 0.15) is 103 Å². The minimum Gasteiger partial charge on any atom is -0.172 e. The van der Waals surface area contributed by atoms with E-state index >= 15 is 0 Å². The summed E-state index contributed by atoms with van der Waals surface area (Å²) in [6.07, 6.45) is 12.4. The van der Waals surface area contributed by atoms with Crippen molar-refractivity contribution in [3.8, 4) is 51.5 Å². The molecule has 318 valence electrons. The molecule has 6 heterocycles. The number of thiophene rings is 4. The second-order valence-corrected chi connectivity index (χ2v) is 22.9. The first-order valence-electron chi connectivity index (χ1n) is 22.8. The van der Waals surface area contributed by atoms with Gasteiger partial charge in [0.2, 0.25) is 0 Å². The fourth-order valence-corrected chi connectivity index (χ4v) is 16.4. The van der Waals surface area contributed by atoms with Crippen LogP contribution in [0.2, 0.25) is 0 Å². The highest BCUT2D eigenvalue weighted by atomic mass is 32.1. The fraction of sp³-hybridized carbons (Fsp3) is 0.321. The molecule has 0 bridgehead atoms. The first-order valence-corrected chi connectivity index (χ1v) is 27.5. The smallest absolute Gasteiger partial charge is 0.114 e. The summed E-state index contributed by atoms with van der Waals surface area (Å²) < 4.78 is 22.6. The van der Waals surface area contributed by atoms with E-state index in [1.807, 2.05) is 45.3 Å². The maximum absolute atomic E-state index is 5.03. The van der Waals surface area contributed by atoms with Gasteiger partial charge >= 0.3 is 0 Å². The van der Waals surface area contributed by atoms with Crippen molar-refractivity contribution in [1.82, 2.24) is 17.5 Å². The number of hydrogen-bond donors (Lipinski definition) is 0. The van der Waals surface area contributed by atoms with E-state index in [0.717, 1.165) is 22.1 Å². The third-order valence-electron chi connectivity index (χ3n) is 13.8. The van der Waals surface area contributed by atoms with Crippen molar-refractivity contribution < 1.29 is 0 Å². The van der Waals surface area contributed by atoms with Gasteiger partial charge in [0.05, 0.1) is 23.5 Å². The van der Waals surface area contributed by atoms with Gasteiger partial charge in [0.25, 0.3) is 0 Å². The van der Waals surface area contributed by atoms with Gasteiger partial charge in [-0.2, -0.15) is 17.5 Å². The third kappa shape index (κ3) is 7.24. The molecule has 0 radical (unpaired) electrons. The summed E-state index contributed by atoms with van der Waals surface area (Å²) in [5, 5.41) is 2.56. The quantitative estimate of drug-likeness (QED) is 0.0969. The van der Waals surface area contributed by atoms with Crippen LogP contribution >= 0.6 is 68.8 Å². The molecule has 4 aromatic carbocycles. The zero-order chi connectivity index (χ0) is 42.7. The molecule has 6 aromatic heterocycles. The van der Waals surface area contributed by atoms with Crippen LogP contribution in [0.3, 0.4) is 0 Å². The second-order valence-electron chi connectivity index (χ2n) is 17.6. The van der Waals surface area contributed by atoms with E-state index in [2.05, 4.69) is 125 Å². The van der Waals surface area contributed by atoms with Crippen molar-refractivity contribution in [2.75, 3.05) is 0 Å². The molecule has 0 saturated heterocycles. The van der Waals surface area contributed by atoms with Crippen molar-refractivity contribution in [3.63, 3.8) is 0 Å². The van der Waals surface area contributed by atoms with E-state index in [0.29, 0.717) is 11.8 Å². The number of aromatic nitrogens is 4. The van der Waals surface area contributed by atoms with Gasteiger partial charge in [-0.15, -0.1) is 45.3 Å². The molecule has 0 fully saturated rings. The van der Waals surface area contributed by atoms with Gasteiger partial charge < -0.3 is 0 Å². The largest absolute Gasteiger partial charge is 0.172 e. The Labute approximate surface area is 394 Å². The first-order chi connectivity index (χ1) is 31.0. The minimum absolute atomic E-state index is 0.0656. The summed E-state index contributed by atoms with van der Waals surface area (Å²) in [5.74, 6) is 1.31. The standard InChI is InChI=1S/C53H50N4S6/c1-5-9-15-31(7-3)29-53(30-32(8-4)16-10-6-2)39-27-45(37-23-21-35(47-49(37)56-62-54-47)43-25-33-17-11-13-19-41(33)58-43)60-51(39)52-40(53)28-46(61-52)38-24-22-36(48-50(38)57-63-55-48)44-26-34-18-12-14-20-42(34)59-44/h11-14,17-28,31-32H,5-10,15-16,29-30H2,1-4H3. The van der Waals surface area contributed by atoms with Crippen molar-refractivity contribution in [1.29, 1.82) is 0 Å². The van der Waals surface area contributed by atoms with Crippen LogP contribution < -0.4 is 0 Å². The Morgan fingerprint density at radius 2 is 0.841 bits per heavy atom. The average molecular weight is 935 g/mol. The lowest BCUT2D eigenvalue weighted by Crippen LogP contribution is -2.31. The normalized spacial score (nSPS) is 14.3. The van der Waals surface area contributed by atoms with Crippen LogP contribution in [0.15, 0.2) is 97.1 Å². The van der Waals surface area contributed by atoms with E-state index in [9.17, 15) is 0 Å². The molecule has 4 nitrogen and oxygen atoms in total. The average Bonchev–Trinajstić information content (AvgIpc) is 4.17. The monoisotopic (exact) mass is 934 g/mol. The topological polar surface area (TPSA) is 51.6 Å². The Morgan fingerprint density at radius 1 is 0.460 bits per heavy atom. The number of nitrogens with zero attached hydrogens (tertiary/aromatic N) is 4. The van der Waals surface area contributed by atoms with Crippen molar-refractivity contribution in [3.05, 3.63) is 108 Å². The molecule has 63 heavy (non-hydrogen) atoms. The van der Waals surface area contributed by atoms with Crippen LogP contribution in [0.25, 0.3) is 93.8 Å². The number of benzene rings is 4. The first kappa shape index (κ1) is 41.5. The van der Waals surface area contributed by atoms with Crippen LogP contribution in [0.4, 0.5) is 0 Å². The molecular weight excluding hydrogens is 885 g/mol. The van der Waals surface area contributed by atoms with Crippen LogP contribution in [0.5, 0.6) is 0 Å². The van der Waals surface area contributed by atoms with Crippen molar-refractivity contribution >= 4 is 111 Å². The minimum atomic E-state index is -0.0656. The molecule has 0 spiro atoms. The van der Waals surface area contributed by atoms with Crippen molar-refractivity contribution in [2.45, 2.75) is 97.3 Å². The Kier molecular flexibility index (Phi) is 11.4. The molecule has 2 atom stereocenters. The van der Waals surface area contributed by atoms with E-state index in [1.54, 1.807) is 11.1 Å². The zero-order valence-electron chi connectivity index (χ0n) is 36.2. The summed E-state index contributed by atoms with van der Waals surface area (Å²) in [4.78, 5) is 8.05. The molecule has 0 amide bonds. The summed E-state index contributed by atoms with van der Waals surface area (Å²) in [5.41, 5.74) is 11.9. The molecule has 1 aliphatic rings. The van der Waals surface area contributed by atoms with Gasteiger partial charge in [-0.05, 0) is 83.0 Å². The lowest BCUT2D eigenvalue weighted by atomic mass is 9.65. The van der Waals surface area contributed by atoms with E-state index in [-0.39, 0.29) is 5.41 Å². The molecule has 0 aliphatic heterocycles. The summed E-state index contributed by atoms with van der Waals surface area (Å²) in [6.45, 7) is 9.57. The molecule has 11 rings (SSSR count). The lowest BCUT2D eigenvalue weighted by molar-refractivity contribution is 0.266. The van der Waals surface area contributed by atoms with Crippen LogP contribution in [-0.2, 0) is 5.41 Å². The maximum atomic E-state index is 5.03. The maximum Gasteiger partial charge on any atom is 0.114 e. The van der Waals surface area contributed by atoms with Gasteiger partial charge in [0.15, 0.2) is 0 Å². The van der Waals surface area contributed by atoms with E-state index in [4.69, 9.17) is 17.5 Å². The van der Waals surface area contributed by atoms with Crippen LogP contribution in [-0.4, -0.2) is 17.5 Å². The molecular formula is C53H50N4S6. The molecule has 10 aromatic rings. The summed E-state index contributed by atoms with van der Waals surface area (Å²) >= 11 is 10.3. The molecule has 0 saturated carbocycles. The Hall–Kier alpha value is -4.16. The van der Waals surface area contributed by atoms with Gasteiger partial charge in [-0.3, -0.25) is 0 Å². The zero-order valence-corrected chi connectivity index (χ0v) is 41.1. The third-order valence-corrected chi connectivity index (χ3v) is 19.7. The highest BCUT2D eigenvalue weighted by Crippen LogP contribution is 2.63. The highest BCUT2D eigenvalue weighted by molar-refractivity contribution is 7.26. The Bertz CT molecular complexity index is 2960. The van der Waals surface area contributed by atoms with Gasteiger partial charge in [-0.25, -0.2) is 0 Å². The number of unbranched alkanes of at least 4 members (excludes halogenated alkanes) is 2. The van der Waals surface area contributed by atoms with Gasteiger partial charge in [-0.1, -0.05) is 140 Å². The predicted octanol–water partition coefficient (Wildman–Crippen LogP) is 18.4. The number of fused-ring (bicyclic) bond motifs is 7. The predicted molar refractivity (Wildman–Crippen MR) is 279 cm³/mol. The summed E-state index contributed by atoms with van der Waals surface area (Å²) in [6, 6.07) is 36.5. The van der Waals surface area contributed by atoms with Gasteiger partial charge in [0.1, 0.15) is 22.1 Å². The second kappa shape index (κ2) is 17.3. The van der Waals surface area contributed by atoms with E-state index < -0.39 is 0 Å². The highest BCUT2D eigenvalue weighted by Gasteiger charge is 2.48. The van der Waals surface area contributed by atoms with E-state index in [1.165, 1.54) is 159 Å². The van der Waals surface area contributed by atoms with Crippen molar-refractivity contribution in [2.24, 2.45) is 11.8 Å². The SMILES string of the molecule is CCCCC(CC)CC1(CC(CC)CCCC)c2cc(-c3ccc(-c4cc5ccccc5s4)c4nsnc34)sc2-c2sc(-c3ccc(-c4cc5ccccc5s4)c4nsnc34)cc21. The number of rotatable bonds is 16. The number of hydrogen-bond acceptors (Lipinski definition) is 10. The molecule has 2 unspecified atom stereocenters. The lowest BCUT2D eigenvalue weighted by Gasteiger charge is -2.37. The molecule has 10 heteroatoms. The van der Waals surface area contributed by atoms with Crippen LogP contribution in [0, 0.1) is 11.8 Å². The fourth-order valence-electron chi connectivity index (χ4n) is 10.4. The Balaban J connectivity index is 1.08. The molecule has 0 N–H and O–H groups in total. The van der Waals surface area contributed by atoms with Gasteiger partial charge in [0, 0.05) is 66.3 Å². The summed E-state index contributed by atoms with van der Waals surface area (Å²) in [7, 11) is 0. The Morgan fingerprint density at radius 3 is 1.21 bits per heavy atom.